The molecule has 0 saturated carbocycles. The summed E-state index contributed by atoms with van der Waals surface area (Å²) in [5.41, 5.74) is -1.87. The number of carbonyl (C=O) groups is 1. The van der Waals surface area contributed by atoms with Gasteiger partial charge in [0.1, 0.15) is 29.4 Å². The largest absolute Gasteiger partial charge is 0.491 e. The molecule has 6 heteroatoms. The Morgan fingerprint density at radius 3 is 2.58 bits per heavy atom. The molecule has 1 aliphatic heterocycles. The molecule has 1 heterocycles. The van der Waals surface area contributed by atoms with E-state index < -0.39 is 11.2 Å². The first-order valence-corrected chi connectivity index (χ1v) is 8.21. The van der Waals surface area contributed by atoms with Gasteiger partial charge in [0, 0.05) is 20.2 Å². The normalized spacial score (nSPS) is 22.1. The molecule has 1 atom stereocenters. The lowest BCUT2D eigenvalue weighted by Gasteiger charge is -2.31. The zero-order chi connectivity index (χ0) is 17.8. The highest BCUT2D eigenvalue weighted by atomic mass is 19.1. The van der Waals surface area contributed by atoms with E-state index in [9.17, 15) is 14.3 Å². The van der Waals surface area contributed by atoms with Gasteiger partial charge >= 0.3 is 0 Å². The van der Waals surface area contributed by atoms with Crippen molar-refractivity contribution in [3.05, 3.63) is 30.1 Å². The average molecular weight is 339 g/mol. The molecule has 1 aliphatic rings. The number of aliphatic hydroxyl groups is 1. The van der Waals surface area contributed by atoms with Crippen LogP contribution in [0.4, 0.5) is 4.39 Å². The summed E-state index contributed by atoms with van der Waals surface area (Å²) in [7, 11) is 1.52. The first-order valence-electron chi connectivity index (χ1n) is 8.21. The molecule has 0 radical (unpaired) electrons. The van der Waals surface area contributed by atoms with E-state index in [-0.39, 0.29) is 18.3 Å². The zero-order valence-electron chi connectivity index (χ0n) is 14.5. The van der Waals surface area contributed by atoms with Gasteiger partial charge < -0.3 is 19.5 Å². The highest BCUT2D eigenvalue weighted by Crippen LogP contribution is 2.26. The van der Waals surface area contributed by atoms with E-state index in [1.165, 1.54) is 31.4 Å². The topological polar surface area (TPSA) is 59.0 Å². The smallest absolute Gasteiger partial charge is 0.254 e. The second-order valence-electron chi connectivity index (χ2n) is 6.83. The fourth-order valence-corrected chi connectivity index (χ4v) is 2.74. The van der Waals surface area contributed by atoms with Crippen LogP contribution in [0.1, 0.15) is 33.1 Å². The van der Waals surface area contributed by atoms with Gasteiger partial charge in [-0.3, -0.25) is 4.79 Å². The summed E-state index contributed by atoms with van der Waals surface area (Å²) in [5, 5.41) is 10.8. The molecule has 1 aromatic carbocycles. The summed E-state index contributed by atoms with van der Waals surface area (Å²) in [6.07, 6.45) is 1.67. The second kappa shape index (κ2) is 7.49. The third-order valence-electron chi connectivity index (χ3n) is 4.55. The Hall–Kier alpha value is -1.66. The molecule has 1 amide bonds. The molecular formula is C18H26FNO4. The van der Waals surface area contributed by atoms with Crippen LogP contribution in [0.3, 0.4) is 0 Å². The number of amides is 1. The van der Waals surface area contributed by atoms with Crippen molar-refractivity contribution in [3.8, 4) is 5.75 Å². The van der Waals surface area contributed by atoms with E-state index in [1.807, 2.05) is 0 Å². The third kappa shape index (κ3) is 4.68. The van der Waals surface area contributed by atoms with Crippen LogP contribution in [0.2, 0.25) is 0 Å². The molecule has 24 heavy (non-hydrogen) atoms. The number of benzene rings is 1. The lowest BCUT2D eigenvalue weighted by Crippen LogP contribution is -2.47. The van der Waals surface area contributed by atoms with Gasteiger partial charge in [0.05, 0.1) is 0 Å². The number of hydrogen-bond donors (Lipinski definition) is 1. The number of hydrogen-bond acceptors (Lipinski definition) is 4. The van der Waals surface area contributed by atoms with Crippen LogP contribution in [-0.4, -0.2) is 53.9 Å². The fourth-order valence-electron chi connectivity index (χ4n) is 2.74. The third-order valence-corrected chi connectivity index (χ3v) is 4.55. The molecule has 1 N–H and O–H groups in total. The molecule has 0 bridgehead atoms. The summed E-state index contributed by atoms with van der Waals surface area (Å²) in [4.78, 5) is 14.2. The van der Waals surface area contributed by atoms with Gasteiger partial charge in [-0.05, 0) is 57.4 Å². The van der Waals surface area contributed by atoms with Crippen LogP contribution in [0.15, 0.2) is 24.3 Å². The maximum Gasteiger partial charge on any atom is 0.254 e. The first-order chi connectivity index (χ1) is 11.3. The molecule has 2 rings (SSSR count). The Bertz CT molecular complexity index is 561. The van der Waals surface area contributed by atoms with E-state index in [2.05, 4.69) is 0 Å². The number of nitrogens with zero attached hydrogens (tertiary/aromatic N) is 1. The van der Waals surface area contributed by atoms with Gasteiger partial charge in [-0.15, -0.1) is 0 Å². The molecule has 0 spiro atoms. The molecule has 1 aromatic rings. The summed E-state index contributed by atoms with van der Waals surface area (Å²) in [6.45, 7) is 4.64. The Balaban J connectivity index is 1.93. The van der Waals surface area contributed by atoms with Crippen LogP contribution < -0.4 is 4.74 Å². The van der Waals surface area contributed by atoms with Gasteiger partial charge in [0.25, 0.3) is 5.91 Å². The van der Waals surface area contributed by atoms with Crippen molar-refractivity contribution in [2.24, 2.45) is 0 Å². The molecule has 0 aromatic heterocycles. The van der Waals surface area contributed by atoms with Crippen molar-refractivity contribution in [3.63, 3.8) is 0 Å². The van der Waals surface area contributed by atoms with E-state index in [4.69, 9.17) is 9.47 Å². The monoisotopic (exact) mass is 339 g/mol. The van der Waals surface area contributed by atoms with Crippen LogP contribution in [-0.2, 0) is 9.53 Å². The molecule has 5 nitrogen and oxygen atoms in total. The van der Waals surface area contributed by atoms with Gasteiger partial charge in [-0.1, -0.05) is 0 Å². The number of rotatable bonds is 5. The van der Waals surface area contributed by atoms with Crippen LogP contribution in [0.5, 0.6) is 5.75 Å². The predicted molar refractivity (Wildman–Crippen MR) is 88.4 cm³/mol. The molecule has 0 aliphatic carbocycles. The molecule has 1 unspecified atom stereocenters. The quantitative estimate of drug-likeness (QED) is 0.895. The SMILES string of the molecule is COC(C)(C)C(=O)N1CCCC(O)(COc2ccc(F)cc2)CC1. The van der Waals surface area contributed by atoms with Crippen LogP contribution in [0, 0.1) is 5.82 Å². The second-order valence-corrected chi connectivity index (χ2v) is 6.83. The van der Waals surface area contributed by atoms with E-state index in [1.54, 1.807) is 18.7 Å². The van der Waals surface area contributed by atoms with E-state index in [0.717, 1.165) is 0 Å². The minimum absolute atomic E-state index is 0.0753. The summed E-state index contributed by atoms with van der Waals surface area (Å²) in [5.74, 6) is 0.113. The summed E-state index contributed by atoms with van der Waals surface area (Å²) in [6, 6.07) is 5.71. The standard InChI is InChI=1S/C18H26FNO4/c1-17(2,23-3)16(21)20-11-4-9-18(22,10-12-20)13-24-15-7-5-14(19)6-8-15/h5-8,22H,4,9-13H2,1-3H3. The fraction of sp³-hybridized carbons (Fsp3) is 0.611. The maximum atomic E-state index is 12.9. The lowest BCUT2D eigenvalue weighted by molar-refractivity contribution is -0.151. The van der Waals surface area contributed by atoms with Crippen molar-refractivity contribution < 1.29 is 23.8 Å². The highest BCUT2D eigenvalue weighted by Gasteiger charge is 2.37. The average Bonchev–Trinajstić information content (AvgIpc) is 2.76. The Labute approximate surface area is 142 Å². The van der Waals surface area contributed by atoms with Crippen LogP contribution in [0.25, 0.3) is 0 Å². The van der Waals surface area contributed by atoms with Crippen molar-refractivity contribution in [1.29, 1.82) is 0 Å². The highest BCUT2D eigenvalue weighted by molar-refractivity contribution is 5.84. The van der Waals surface area contributed by atoms with Crippen LogP contribution >= 0.6 is 0 Å². The Morgan fingerprint density at radius 2 is 1.96 bits per heavy atom. The van der Waals surface area contributed by atoms with Gasteiger partial charge in [-0.2, -0.15) is 0 Å². The summed E-state index contributed by atoms with van der Waals surface area (Å²) >= 11 is 0. The van der Waals surface area contributed by atoms with Crippen molar-refractivity contribution in [1.82, 2.24) is 4.90 Å². The minimum atomic E-state index is -0.999. The lowest BCUT2D eigenvalue weighted by atomic mass is 9.96. The molecule has 1 saturated heterocycles. The first kappa shape index (κ1) is 18.7. The number of halogens is 1. The number of likely N-dealkylation sites (tertiary alicyclic amines) is 1. The summed E-state index contributed by atoms with van der Waals surface area (Å²) < 4.78 is 23.8. The number of ether oxygens (including phenoxy) is 2. The maximum absolute atomic E-state index is 12.9. The Kier molecular flexibility index (Phi) is 5.83. The van der Waals surface area contributed by atoms with E-state index >= 15 is 0 Å². The molecular weight excluding hydrogens is 313 g/mol. The van der Waals surface area contributed by atoms with Crippen molar-refractivity contribution in [2.45, 2.75) is 44.3 Å². The number of carbonyl (C=O) groups excluding carboxylic acids is 1. The zero-order valence-corrected chi connectivity index (χ0v) is 14.5. The molecule has 134 valence electrons. The minimum Gasteiger partial charge on any atom is -0.491 e. The van der Waals surface area contributed by atoms with Gasteiger partial charge in [-0.25, -0.2) is 4.39 Å². The molecule has 1 fully saturated rings. The van der Waals surface area contributed by atoms with Crippen molar-refractivity contribution in [2.75, 3.05) is 26.8 Å². The van der Waals surface area contributed by atoms with E-state index in [0.29, 0.717) is 38.1 Å². The van der Waals surface area contributed by atoms with Gasteiger partial charge in [0.2, 0.25) is 0 Å². The van der Waals surface area contributed by atoms with Gasteiger partial charge in [0.15, 0.2) is 0 Å². The Morgan fingerprint density at radius 1 is 1.29 bits per heavy atom. The van der Waals surface area contributed by atoms with Crippen molar-refractivity contribution >= 4 is 5.91 Å². The predicted octanol–water partition coefficient (Wildman–Crippen LogP) is 2.37. The number of methoxy groups -OCH3 is 1.